The Balaban J connectivity index is 0.00000180. The summed E-state index contributed by atoms with van der Waals surface area (Å²) in [5.74, 6) is 0.508. The van der Waals surface area contributed by atoms with E-state index in [1.807, 2.05) is 24.3 Å². The molecule has 1 aliphatic rings. The number of nitrogens with zero attached hydrogens (tertiary/aromatic N) is 1. The number of methoxy groups -OCH3 is 1. The summed E-state index contributed by atoms with van der Waals surface area (Å²) in [5, 5.41) is 0. The molecule has 104 valence electrons. The van der Waals surface area contributed by atoms with Crippen LogP contribution in [0.1, 0.15) is 12.0 Å². The first-order chi connectivity index (χ1) is 8.61. The maximum Gasteiger partial charge on any atom is 0.287 e. The van der Waals surface area contributed by atoms with E-state index in [2.05, 4.69) is 5.73 Å². The van der Waals surface area contributed by atoms with Gasteiger partial charge in [-0.2, -0.15) is 0 Å². The maximum atomic E-state index is 11.9. The molecular formula is C13H17ClN2O3. The van der Waals surface area contributed by atoms with Crippen LogP contribution in [0.25, 0.3) is 0 Å². The number of halogens is 1. The largest absolute Gasteiger partial charge is 1.00 e. The fraction of sp³-hybridized carbons (Fsp3) is 0.385. The minimum atomic E-state index is -0.414. The highest BCUT2D eigenvalue weighted by Gasteiger charge is 2.34. The molecule has 0 spiro atoms. The Labute approximate surface area is 118 Å². The number of hydrogen-bond acceptors (Lipinski definition) is 3. The number of rotatable bonds is 4. The number of hydrogen-bond donors (Lipinski definition) is 1. The van der Waals surface area contributed by atoms with Crippen molar-refractivity contribution in [3.05, 3.63) is 29.8 Å². The van der Waals surface area contributed by atoms with Gasteiger partial charge in [-0.15, -0.1) is 0 Å². The summed E-state index contributed by atoms with van der Waals surface area (Å²) in [6.45, 7) is 0.534. The maximum absolute atomic E-state index is 11.9. The monoisotopic (exact) mass is 284 g/mol. The van der Waals surface area contributed by atoms with E-state index in [4.69, 9.17) is 4.74 Å². The van der Waals surface area contributed by atoms with Gasteiger partial charge in [-0.1, -0.05) is 12.1 Å². The van der Waals surface area contributed by atoms with Crippen LogP contribution < -0.4 is 22.9 Å². The van der Waals surface area contributed by atoms with E-state index < -0.39 is 6.04 Å². The lowest BCUT2D eigenvalue weighted by Crippen LogP contribution is -3.00. The van der Waals surface area contributed by atoms with Gasteiger partial charge in [0.15, 0.2) is 6.04 Å². The Kier molecular flexibility index (Phi) is 5.32. The zero-order valence-electron chi connectivity index (χ0n) is 10.8. The van der Waals surface area contributed by atoms with Gasteiger partial charge in [0.2, 0.25) is 5.91 Å². The van der Waals surface area contributed by atoms with E-state index in [1.54, 1.807) is 7.11 Å². The number of carbonyl (C=O) groups excluding carboxylic acids is 2. The third kappa shape index (κ3) is 3.45. The molecule has 0 aromatic heterocycles. The van der Waals surface area contributed by atoms with Gasteiger partial charge < -0.3 is 22.9 Å². The van der Waals surface area contributed by atoms with E-state index in [0.29, 0.717) is 19.4 Å². The molecule has 1 aromatic rings. The number of β-lactam (4-membered cyclic amide) rings is 1. The Morgan fingerprint density at radius 2 is 2.05 bits per heavy atom. The quantitative estimate of drug-likeness (QED) is 0.586. The molecule has 1 aromatic carbocycles. The number of ether oxygens (including phenoxy) is 1. The van der Waals surface area contributed by atoms with Crippen molar-refractivity contribution < 1.29 is 32.5 Å². The summed E-state index contributed by atoms with van der Waals surface area (Å²) in [5.41, 5.74) is 4.85. The summed E-state index contributed by atoms with van der Waals surface area (Å²) >= 11 is 0. The van der Waals surface area contributed by atoms with Crippen LogP contribution in [0, 0.1) is 0 Å². The molecule has 1 aliphatic heterocycles. The van der Waals surface area contributed by atoms with Crippen molar-refractivity contribution in [3.8, 4) is 5.75 Å². The summed E-state index contributed by atoms with van der Waals surface area (Å²) in [4.78, 5) is 24.3. The smallest absolute Gasteiger partial charge is 0.287 e. The minimum absolute atomic E-state index is 0. The lowest BCUT2D eigenvalue weighted by molar-refractivity contribution is -0.405. The molecule has 0 unspecified atom stereocenters. The van der Waals surface area contributed by atoms with Crippen molar-refractivity contribution in [1.82, 2.24) is 4.90 Å². The molecule has 0 aliphatic carbocycles. The van der Waals surface area contributed by atoms with Crippen LogP contribution in [-0.2, 0) is 16.0 Å². The predicted molar refractivity (Wildman–Crippen MR) is 64.7 cm³/mol. The van der Waals surface area contributed by atoms with Crippen molar-refractivity contribution in [2.24, 2.45) is 0 Å². The number of likely N-dealkylation sites (tertiary alicyclic amines) is 1. The molecule has 0 saturated carbocycles. The molecule has 1 atom stereocenters. The average Bonchev–Trinajstić information content (AvgIpc) is 2.37. The highest BCUT2D eigenvalue weighted by Crippen LogP contribution is 2.14. The second-order valence-corrected chi connectivity index (χ2v) is 4.38. The lowest BCUT2D eigenvalue weighted by atomic mass is 10.0. The van der Waals surface area contributed by atoms with Gasteiger partial charge in [0.05, 0.1) is 7.11 Å². The van der Waals surface area contributed by atoms with Crippen LogP contribution >= 0.6 is 0 Å². The van der Waals surface area contributed by atoms with Crippen LogP contribution in [0.5, 0.6) is 5.75 Å². The van der Waals surface area contributed by atoms with Crippen molar-refractivity contribution in [2.75, 3.05) is 13.7 Å². The molecule has 0 bridgehead atoms. The lowest BCUT2D eigenvalue weighted by Gasteiger charge is -2.29. The molecular weight excluding hydrogens is 268 g/mol. The Bertz CT molecular complexity index is 461. The highest BCUT2D eigenvalue weighted by molar-refractivity contribution is 6.01. The van der Waals surface area contributed by atoms with Crippen molar-refractivity contribution >= 4 is 11.8 Å². The topological polar surface area (TPSA) is 74.2 Å². The van der Waals surface area contributed by atoms with Gasteiger partial charge in [0, 0.05) is 19.4 Å². The second-order valence-electron chi connectivity index (χ2n) is 4.38. The Hall–Kier alpha value is -1.59. The van der Waals surface area contributed by atoms with Gasteiger partial charge >= 0.3 is 0 Å². The molecule has 1 fully saturated rings. The molecule has 2 rings (SSSR count). The van der Waals surface area contributed by atoms with E-state index >= 15 is 0 Å². The summed E-state index contributed by atoms with van der Waals surface area (Å²) in [6.07, 6.45) is 1.01. The van der Waals surface area contributed by atoms with E-state index in [-0.39, 0.29) is 24.2 Å². The number of quaternary nitrogens is 1. The molecule has 5 nitrogen and oxygen atoms in total. The van der Waals surface area contributed by atoms with E-state index in [0.717, 1.165) is 11.3 Å². The molecule has 1 heterocycles. The van der Waals surface area contributed by atoms with Crippen LogP contribution in [0.4, 0.5) is 0 Å². The van der Waals surface area contributed by atoms with Crippen molar-refractivity contribution in [1.29, 1.82) is 0 Å². The first-order valence-electron chi connectivity index (χ1n) is 5.92. The summed E-state index contributed by atoms with van der Waals surface area (Å²) in [6, 6.07) is 7.09. The molecule has 19 heavy (non-hydrogen) atoms. The standard InChI is InChI=1S/C13H16N2O3.ClH/c1-18-10-4-2-9(3-5-10)8-11(14)13(17)15-7-6-12(15)16;/h2-5,11H,6-8,14H2,1H3;1H/t11-;/m1./s1. The zero-order valence-corrected chi connectivity index (χ0v) is 11.5. The van der Waals surface area contributed by atoms with E-state index in [1.165, 1.54) is 4.90 Å². The molecule has 6 heteroatoms. The number of amides is 2. The molecule has 3 N–H and O–H groups in total. The van der Waals surface area contributed by atoms with Gasteiger partial charge in [0.25, 0.3) is 5.91 Å². The Morgan fingerprint density at radius 3 is 2.47 bits per heavy atom. The highest BCUT2D eigenvalue weighted by atomic mass is 35.5. The molecule has 1 saturated heterocycles. The van der Waals surface area contributed by atoms with Gasteiger partial charge in [0.1, 0.15) is 5.75 Å². The van der Waals surface area contributed by atoms with Crippen molar-refractivity contribution in [2.45, 2.75) is 18.9 Å². The van der Waals surface area contributed by atoms with Crippen LogP contribution in [0.15, 0.2) is 24.3 Å². The zero-order chi connectivity index (χ0) is 13.1. The average molecular weight is 285 g/mol. The summed E-state index contributed by atoms with van der Waals surface area (Å²) in [7, 11) is 1.61. The minimum Gasteiger partial charge on any atom is -1.00 e. The molecule has 2 amide bonds. The predicted octanol–water partition coefficient (Wildman–Crippen LogP) is -3.39. The second kappa shape index (κ2) is 6.54. The SMILES string of the molecule is COc1ccc(C[C@@H]([NH3+])C(=O)N2CCC2=O)cc1.[Cl-]. The van der Waals surface area contributed by atoms with Gasteiger partial charge in [-0.05, 0) is 17.7 Å². The first kappa shape index (κ1) is 15.5. The number of imide groups is 1. The third-order valence-corrected chi connectivity index (χ3v) is 3.11. The fourth-order valence-corrected chi connectivity index (χ4v) is 1.90. The molecule has 0 radical (unpaired) electrons. The van der Waals surface area contributed by atoms with Crippen molar-refractivity contribution in [3.63, 3.8) is 0 Å². The summed E-state index contributed by atoms with van der Waals surface area (Å²) < 4.78 is 5.06. The fourth-order valence-electron chi connectivity index (χ4n) is 1.90. The van der Waals surface area contributed by atoms with Crippen LogP contribution in [0.3, 0.4) is 0 Å². The van der Waals surface area contributed by atoms with Crippen LogP contribution in [0.2, 0.25) is 0 Å². The van der Waals surface area contributed by atoms with Gasteiger partial charge in [-0.25, -0.2) is 0 Å². The van der Waals surface area contributed by atoms with E-state index in [9.17, 15) is 9.59 Å². The Morgan fingerprint density at radius 1 is 1.42 bits per heavy atom. The first-order valence-corrected chi connectivity index (χ1v) is 5.92. The number of carbonyl (C=O) groups is 2. The normalized spacial score (nSPS) is 15.3. The number of benzene rings is 1. The van der Waals surface area contributed by atoms with Crippen LogP contribution in [-0.4, -0.2) is 36.4 Å². The third-order valence-electron chi connectivity index (χ3n) is 3.11. The van der Waals surface area contributed by atoms with Gasteiger partial charge in [-0.3, -0.25) is 14.5 Å².